The second-order valence-corrected chi connectivity index (χ2v) is 6.97. The van der Waals surface area contributed by atoms with E-state index in [9.17, 15) is 9.59 Å². The smallest absolute Gasteiger partial charge is 0.325 e. The van der Waals surface area contributed by atoms with Gasteiger partial charge < -0.3 is 20.3 Å². The van der Waals surface area contributed by atoms with Crippen molar-refractivity contribution in [1.82, 2.24) is 20.6 Å². The van der Waals surface area contributed by atoms with E-state index in [1.165, 1.54) is 32.1 Å². The highest BCUT2D eigenvalue weighted by atomic mass is 16.5. The van der Waals surface area contributed by atoms with Gasteiger partial charge in [0.05, 0.1) is 12.6 Å². The van der Waals surface area contributed by atoms with Gasteiger partial charge in [-0.3, -0.25) is 4.79 Å². The number of nitrogens with one attached hydrogen (secondary N) is 2. The Morgan fingerprint density at radius 2 is 2.04 bits per heavy atom. The number of ether oxygens (including phenoxy) is 1. The molecule has 150 valence electrons. The van der Waals surface area contributed by atoms with Crippen LogP contribution in [-0.2, 0) is 9.53 Å². The fraction of sp³-hybridized carbons (Fsp3) is 0.684. The van der Waals surface area contributed by atoms with E-state index >= 15 is 0 Å². The molecule has 0 bridgehead atoms. The van der Waals surface area contributed by atoms with Crippen LogP contribution in [-0.4, -0.2) is 48.2 Å². The molecule has 0 unspecified atom stereocenters. The van der Waals surface area contributed by atoms with E-state index in [4.69, 9.17) is 4.74 Å². The van der Waals surface area contributed by atoms with Gasteiger partial charge in [0.2, 0.25) is 5.95 Å². The highest BCUT2D eigenvalue weighted by molar-refractivity contribution is 5.80. The SMILES string of the molecule is CCOC(=O)CNC(=O)N[C@H](C)c1cnc(N(C)C2CCCCC2)nc1C. The fourth-order valence-electron chi connectivity index (χ4n) is 3.38. The lowest BCUT2D eigenvalue weighted by Crippen LogP contribution is -2.40. The first-order chi connectivity index (χ1) is 12.9. The number of amides is 2. The van der Waals surface area contributed by atoms with Crippen LogP contribution in [0.15, 0.2) is 6.20 Å². The molecule has 2 rings (SSSR count). The van der Waals surface area contributed by atoms with E-state index in [0.29, 0.717) is 6.04 Å². The lowest BCUT2D eigenvalue weighted by Gasteiger charge is -2.31. The van der Waals surface area contributed by atoms with Gasteiger partial charge >= 0.3 is 12.0 Å². The standard InChI is InChI=1S/C19H31N5O3/c1-5-27-17(25)12-21-19(26)23-14(3)16-11-20-18(22-13(16)2)24(4)15-9-7-6-8-10-15/h11,14-15H,5-10,12H2,1-4H3,(H2,21,23,26)/t14-/m1/s1. The Hall–Kier alpha value is -2.38. The zero-order chi connectivity index (χ0) is 19.8. The maximum atomic E-state index is 11.9. The summed E-state index contributed by atoms with van der Waals surface area (Å²) in [7, 11) is 2.05. The van der Waals surface area contributed by atoms with Crippen LogP contribution in [0.3, 0.4) is 0 Å². The van der Waals surface area contributed by atoms with Crippen LogP contribution in [0, 0.1) is 6.92 Å². The average molecular weight is 377 g/mol. The topological polar surface area (TPSA) is 96.4 Å². The number of hydrogen-bond acceptors (Lipinski definition) is 6. The number of anilines is 1. The number of hydrogen-bond donors (Lipinski definition) is 2. The van der Waals surface area contributed by atoms with Gasteiger partial charge in [-0.25, -0.2) is 14.8 Å². The zero-order valence-corrected chi connectivity index (χ0v) is 16.7. The predicted molar refractivity (Wildman–Crippen MR) is 104 cm³/mol. The van der Waals surface area contributed by atoms with Gasteiger partial charge in [0.25, 0.3) is 0 Å². The van der Waals surface area contributed by atoms with Crippen LogP contribution in [0.2, 0.25) is 0 Å². The molecule has 1 atom stereocenters. The molecule has 2 amide bonds. The predicted octanol–water partition coefficient (Wildman–Crippen LogP) is 2.48. The monoisotopic (exact) mass is 377 g/mol. The highest BCUT2D eigenvalue weighted by Crippen LogP contribution is 2.25. The van der Waals surface area contributed by atoms with Crippen molar-refractivity contribution in [3.8, 4) is 0 Å². The Bertz CT molecular complexity index is 646. The minimum absolute atomic E-state index is 0.160. The largest absolute Gasteiger partial charge is 0.465 e. The van der Waals surface area contributed by atoms with Crippen molar-refractivity contribution < 1.29 is 14.3 Å². The van der Waals surface area contributed by atoms with Gasteiger partial charge in [0.1, 0.15) is 6.54 Å². The number of urea groups is 1. The summed E-state index contributed by atoms with van der Waals surface area (Å²) >= 11 is 0. The van der Waals surface area contributed by atoms with Crippen molar-refractivity contribution in [2.45, 2.75) is 65.0 Å². The van der Waals surface area contributed by atoms with Gasteiger partial charge in [0, 0.05) is 30.5 Å². The van der Waals surface area contributed by atoms with Gasteiger partial charge in [-0.1, -0.05) is 19.3 Å². The second-order valence-electron chi connectivity index (χ2n) is 6.97. The summed E-state index contributed by atoms with van der Waals surface area (Å²) in [6, 6.07) is -0.215. The van der Waals surface area contributed by atoms with Crippen molar-refractivity contribution in [1.29, 1.82) is 0 Å². The summed E-state index contributed by atoms with van der Waals surface area (Å²) < 4.78 is 4.78. The number of aromatic nitrogens is 2. The van der Waals surface area contributed by atoms with Gasteiger partial charge in [-0.15, -0.1) is 0 Å². The van der Waals surface area contributed by atoms with E-state index < -0.39 is 12.0 Å². The van der Waals surface area contributed by atoms with Gasteiger partial charge in [0.15, 0.2) is 0 Å². The first-order valence-electron chi connectivity index (χ1n) is 9.68. The van der Waals surface area contributed by atoms with Crippen molar-refractivity contribution in [3.63, 3.8) is 0 Å². The Morgan fingerprint density at radius 3 is 2.67 bits per heavy atom. The third-order valence-electron chi connectivity index (χ3n) is 4.96. The van der Waals surface area contributed by atoms with E-state index in [2.05, 4.69) is 32.5 Å². The van der Waals surface area contributed by atoms with Crippen LogP contribution in [0.1, 0.15) is 63.3 Å². The maximum Gasteiger partial charge on any atom is 0.325 e. The fourth-order valence-corrected chi connectivity index (χ4v) is 3.38. The lowest BCUT2D eigenvalue weighted by atomic mass is 9.95. The molecule has 0 aromatic carbocycles. The molecular weight excluding hydrogens is 346 g/mol. The number of aryl methyl sites for hydroxylation is 1. The van der Waals surface area contributed by atoms with Crippen molar-refractivity contribution in [3.05, 3.63) is 17.5 Å². The normalized spacial score (nSPS) is 15.7. The van der Waals surface area contributed by atoms with Crippen molar-refractivity contribution >= 4 is 17.9 Å². The molecule has 1 heterocycles. The molecule has 0 aliphatic heterocycles. The molecule has 1 aromatic heterocycles. The summed E-state index contributed by atoms with van der Waals surface area (Å²) in [5.41, 5.74) is 1.68. The van der Waals surface area contributed by atoms with E-state index in [1.54, 1.807) is 13.1 Å². The third-order valence-corrected chi connectivity index (χ3v) is 4.96. The molecular formula is C19H31N5O3. The quantitative estimate of drug-likeness (QED) is 0.709. The van der Waals surface area contributed by atoms with Gasteiger partial charge in [-0.05, 0) is 33.6 Å². The van der Waals surface area contributed by atoms with Crippen LogP contribution in [0.25, 0.3) is 0 Å². The van der Waals surface area contributed by atoms with Crippen LogP contribution in [0.5, 0.6) is 0 Å². The Balaban J connectivity index is 1.93. The molecule has 8 nitrogen and oxygen atoms in total. The number of nitrogens with zero attached hydrogens (tertiary/aromatic N) is 3. The summed E-state index contributed by atoms with van der Waals surface area (Å²) in [5, 5.41) is 5.28. The molecule has 0 saturated heterocycles. The molecule has 1 saturated carbocycles. The Labute approximate surface area is 161 Å². The molecule has 1 aliphatic carbocycles. The molecule has 1 aliphatic rings. The molecule has 27 heavy (non-hydrogen) atoms. The summed E-state index contributed by atoms with van der Waals surface area (Å²) in [6.07, 6.45) is 7.96. The van der Waals surface area contributed by atoms with E-state index in [0.717, 1.165) is 17.2 Å². The van der Waals surface area contributed by atoms with Gasteiger partial charge in [-0.2, -0.15) is 0 Å². The lowest BCUT2D eigenvalue weighted by molar-refractivity contribution is -0.141. The Kier molecular flexibility index (Phi) is 7.82. The minimum Gasteiger partial charge on any atom is -0.465 e. The van der Waals surface area contributed by atoms with E-state index in [1.807, 2.05) is 13.8 Å². The van der Waals surface area contributed by atoms with E-state index in [-0.39, 0.29) is 19.2 Å². The van der Waals surface area contributed by atoms with Crippen molar-refractivity contribution in [2.75, 3.05) is 25.1 Å². The van der Waals surface area contributed by atoms with Crippen LogP contribution >= 0.6 is 0 Å². The number of carbonyl (C=O) groups excluding carboxylic acids is 2. The zero-order valence-electron chi connectivity index (χ0n) is 16.7. The third kappa shape index (κ3) is 6.08. The second kappa shape index (κ2) is 10.1. The molecule has 8 heteroatoms. The number of rotatable bonds is 7. The molecule has 0 spiro atoms. The number of carbonyl (C=O) groups is 2. The minimum atomic E-state index is -0.463. The Morgan fingerprint density at radius 1 is 1.33 bits per heavy atom. The summed E-state index contributed by atoms with van der Waals surface area (Å²) in [5.74, 6) is 0.261. The van der Waals surface area contributed by atoms with Crippen LogP contribution in [0.4, 0.5) is 10.7 Å². The summed E-state index contributed by atoms with van der Waals surface area (Å²) in [4.78, 5) is 34.6. The molecule has 2 N–H and O–H groups in total. The molecule has 0 radical (unpaired) electrons. The first-order valence-corrected chi connectivity index (χ1v) is 9.68. The molecule has 1 fully saturated rings. The summed E-state index contributed by atoms with van der Waals surface area (Å²) in [6.45, 7) is 5.63. The number of esters is 1. The van der Waals surface area contributed by atoms with Crippen LogP contribution < -0.4 is 15.5 Å². The molecule has 1 aromatic rings. The average Bonchev–Trinajstić information content (AvgIpc) is 2.66. The maximum absolute atomic E-state index is 11.9. The highest BCUT2D eigenvalue weighted by Gasteiger charge is 2.21. The van der Waals surface area contributed by atoms with Crippen molar-refractivity contribution in [2.24, 2.45) is 0 Å². The first kappa shape index (κ1) is 20.9.